The molecule has 1 saturated heterocycles. The fourth-order valence-electron chi connectivity index (χ4n) is 5.84. The smallest absolute Gasteiger partial charge is 0.251 e. The number of aromatic nitrogens is 1. The maximum Gasteiger partial charge on any atom is 0.251 e. The predicted octanol–water partition coefficient (Wildman–Crippen LogP) is 5.66. The molecule has 1 amide bonds. The van der Waals surface area contributed by atoms with E-state index < -0.39 is 28.3 Å². The third-order valence-corrected chi connectivity index (χ3v) is 11.4. The lowest BCUT2D eigenvalue weighted by molar-refractivity contribution is -0.645. The molecule has 0 saturated carbocycles. The second kappa shape index (κ2) is 17.3. The van der Waals surface area contributed by atoms with Crippen LogP contribution in [-0.2, 0) is 43.9 Å². The van der Waals surface area contributed by atoms with Crippen LogP contribution in [0.15, 0.2) is 137 Å². The van der Waals surface area contributed by atoms with Gasteiger partial charge in [0.1, 0.15) is 6.04 Å². The highest BCUT2D eigenvalue weighted by molar-refractivity contribution is 7.99. The fraction of sp³-hybridized carbons (Fsp3) is 0.250. The summed E-state index contributed by atoms with van der Waals surface area (Å²) in [6.45, 7) is 2.00. The fourth-order valence-corrected chi connectivity index (χ4v) is 7.97. The van der Waals surface area contributed by atoms with Crippen molar-refractivity contribution in [1.82, 2.24) is 10.0 Å². The van der Waals surface area contributed by atoms with E-state index in [1.54, 1.807) is 24.3 Å². The van der Waals surface area contributed by atoms with E-state index in [4.69, 9.17) is 9.47 Å². The molecule has 1 aliphatic rings. The van der Waals surface area contributed by atoms with E-state index in [-0.39, 0.29) is 36.7 Å². The van der Waals surface area contributed by atoms with Gasteiger partial charge in [0, 0.05) is 36.4 Å². The molecular weight excluding hydrogens is 699 g/mol. The minimum Gasteiger partial charge on any atom is -0.618 e. The largest absolute Gasteiger partial charge is 0.618 e. The SMILES string of the molecule is Cc1ccc(S(=O)(=O)N[C@H](Cc2ccccc2)C(=O)NCc2ccc([C@@H]3O[C@H](CSc4cccc[n+]4[O-])C[C@H](c4ccc(CO)cc4)O3)cc2)cc1. The zero-order chi connectivity index (χ0) is 36.5. The lowest BCUT2D eigenvalue weighted by Gasteiger charge is -2.36. The number of sulfonamides is 1. The topological polar surface area (TPSA) is 141 Å². The lowest BCUT2D eigenvalue weighted by Crippen LogP contribution is -2.47. The number of carbonyl (C=O) groups is 1. The van der Waals surface area contributed by atoms with E-state index in [1.165, 1.54) is 30.1 Å². The van der Waals surface area contributed by atoms with Crippen molar-refractivity contribution in [3.63, 3.8) is 0 Å². The Bertz CT molecular complexity index is 2030. The minimum atomic E-state index is -3.97. The first-order valence-corrected chi connectivity index (χ1v) is 19.4. The number of aliphatic hydroxyl groups is 1. The maximum absolute atomic E-state index is 13.5. The van der Waals surface area contributed by atoms with Crippen molar-refractivity contribution in [3.8, 4) is 0 Å². The van der Waals surface area contributed by atoms with Crippen LogP contribution in [0, 0.1) is 12.1 Å². The minimum absolute atomic E-state index is 0.0490. The molecule has 10 nitrogen and oxygen atoms in total. The van der Waals surface area contributed by atoms with Gasteiger partial charge in [0.2, 0.25) is 15.9 Å². The summed E-state index contributed by atoms with van der Waals surface area (Å²) < 4.78 is 42.9. The molecule has 5 aromatic rings. The molecule has 4 aromatic carbocycles. The first kappa shape index (κ1) is 37.2. The molecule has 3 N–H and O–H groups in total. The number of amides is 1. The first-order chi connectivity index (χ1) is 25.2. The monoisotopic (exact) mass is 739 g/mol. The molecule has 1 fully saturated rings. The lowest BCUT2D eigenvalue weighted by atomic mass is 10.0. The maximum atomic E-state index is 13.5. The summed E-state index contributed by atoms with van der Waals surface area (Å²) in [5.41, 5.74) is 5.11. The van der Waals surface area contributed by atoms with Crippen molar-refractivity contribution in [3.05, 3.63) is 166 Å². The number of aliphatic hydroxyl groups excluding tert-OH is 1. The van der Waals surface area contributed by atoms with Gasteiger partial charge in [-0.15, -0.1) is 0 Å². The Balaban J connectivity index is 1.14. The molecule has 0 unspecified atom stereocenters. The molecule has 52 heavy (non-hydrogen) atoms. The Hall–Kier alpha value is -4.56. The van der Waals surface area contributed by atoms with Crippen LogP contribution in [0.3, 0.4) is 0 Å². The van der Waals surface area contributed by atoms with E-state index in [0.717, 1.165) is 38.1 Å². The van der Waals surface area contributed by atoms with Gasteiger partial charge in [-0.1, -0.05) is 108 Å². The summed E-state index contributed by atoms with van der Waals surface area (Å²) in [5.74, 6) is 0.0926. The molecule has 12 heteroatoms. The number of benzene rings is 4. The van der Waals surface area contributed by atoms with Crippen LogP contribution in [0.4, 0.5) is 0 Å². The third kappa shape index (κ3) is 9.85. The number of hydrogen-bond donors (Lipinski definition) is 3. The van der Waals surface area contributed by atoms with Gasteiger partial charge in [-0.2, -0.15) is 9.45 Å². The summed E-state index contributed by atoms with van der Waals surface area (Å²) in [6, 6.07) is 35.2. The number of hydrogen-bond acceptors (Lipinski definition) is 8. The summed E-state index contributed by atoms with van der Waals surface area (Å²) in [6.07, 6.45) is 1.03. The number of rotatable bonds is 14. The highest BCUT2D eigenvalue weighted by atomic mass is 32.2. The van der Waals surface area contributed by atoms with Gasteiger partial charge in [-0.3, -0.25) is 4.79 Å². The molecule has 1 aliphatic heterocycles. The zero-order valence-electron chi connectivity index (χ0n) is 28.6. The van der Waals surface area contributed by atoms with Gasteiger partial charge in [-0.05, 0) is 53.8 Å². The Labute approximate surface area is 308 Å². The second-order valence-electron chi connectivity index (χ2n) is 12.7. The van der Waals surface area contributed by atoms with Gasteiger partial charge in [0.25, 0.3) is 5.03 Å². The van der Waals surface area contributed by atoms with Gasteiger partial charge < -0.3 is 25.1 Å². The molecule has 0 aliphatic carbocycles. The molecule has 1 aromatic heterocycles. The molecule has 0 bridgehead atoms. The number of nitrogens with one attached hydrogen (secondary N) is 2. The molecular formula is C40H41N3O7S2. The second-order valence-corrected chi connectivity index (χ2v) is 15.4. The average Bonchev–Trinajstić information content (AvgIpc) is 3.17. The predicted molar refractivity (Wildman–Crippen MR) is 198 cm³/mol. The van der Waals surface area contributed by atoms with E-state index in [1.807, 2.05) is 91.9 Å². The van der Waals surface area contributed by atoms with Crippen molar-refractivity contribution in [2.45, 2.75) is 67.4 Å². The van der Waals surface area contributed by atoms with Gasteiger partial charge in [-0.25, -0.2) is 8.42 Å². The van der Waals surface area contributed by atoms with Crippen molar-refractivity contribution in [1.29, 1.82) is 0 Å². The van der Waals surface area contributed by atoms with Gasteiger partial charge in [0.05, 0.1) is 23.7 Å². The van der Waals surface area contributed by atoms with E-state index in [2.05, 4.69) is 10.0 Å². The van der Waals surface area contributed by atoms with Crippen LogP contribution in [0.1, 0.15) is 52.2 Å². The van der Waals surface area contributed by atoms with Crippen molar-refractivity contribution in [2.75, 3.05) is 5.75 Å². The van der Waals surface area contributed by atoms with Crippen molar-refractivity contribution < 1.29 is 32.5 Å². The number of pyridine rings is 1. The van der Waals surface area contributed by atoms with Crippen LogP contribution >= 0.6 is 11.8 Å². The van der Waals surface area contributed by atoms with E-state index in [9.17, 15) is 23.5 Å². The van der Waals surface area contributed by atoms with Crippen LogP contribution in [0.5, 0.6) is 0 Å². The van der Waals surface area contributed by atoms with Crippen molar-refractivity contribution >= 4 is 27.7 Å². The first-order valence-electron chi connectivity index (χ1n) is 17.0. The highest BCUT2D eigenvalue weighted by Gasteiger charge is 2.33. The van der Waals surface area contributed by atoms with Crippen LogP contribution < -0.4 is 14.8 Å². The molecule has 0 radical (unpaired) electrons. The average molecular weight is 740 g/mol. The molecule has 6 rings (SSSR count). The molecule has 2 heterocycles. The molecule has 0 spiro atoms. The molecule has 4 atom stereocenters. The molecule has 270 valence electrons. The quantitative estimate of drug-likeness (QED) is 0.0753. The number of aryl methyl sites for hydroxylation is 1. The summed E-state index contributed by atoms with van der Waals surface area (Å²) in [5, 5.41) is 25.3. The summed E-state index contributed by atoms with van der Waals surface area (Å²) in [4.78, 5) is 13.6. The standard InChI is InChI=1S/C40H41N3O7S2/c1-28-10-20-35(21-11-28)52(47,48)42-36(23-29-7-3-2-4-8-29)39(45)41-25-30-12-18-33(19-13-30)40-49-34(27-51-38-9-5-6-22-43(38)46)24-37(50-40)32-16-14-31(26-44)15-17-32/h2-22,34,36-37,40,42,44H,23-27H2,1H3,(H,41,45)/t34-,36+,37+,40+/m0/s1. The zero-order valence-corrected chi connectivity index (χ0v) is 30.3. The van der Waals surface area contributed by atoms with Crippen LogP contribution in [0.25, 0.3) is 0 Å². The van der Waals surface area contributed by atoms with E-state index in [0.29, 0.717) is 17.2 Å². The Morgan fingerprint density at radius 1 is 0.865 bits per heavy atom. The summed E-state index contributed by atoms with van der Waals surface area (Å²) in [7, 11) is -3.97. The van der Waals surface area contributed by atoms with Crippen LogP contribution in [-0.4, -0.2) is 37.3 Å². The highest BCUT2D eigenvalue weighted by Crippen LogP contribution is 2.39. The number of nitrogens with zero attached hydrogens (tertiary/aromatic N) is 1. The number of thioether (sulfide) groups is 1. The van der Waals surface area contributed by atoms with Crippen molar-refractivity contribution in [2.24, 2.45) is 0 Å². The number of carbonyl (C=O) groups excluding carboxylic acids is 1. The van der Waals surface area contributed by atoms with Gasteiger partial charge >= 0.3 is 0 Å². The Morgan fingerprint density at radius 3 is 2.23 bits per heavy atom. The van der Waals surface area contributed by atoms with Gasteiger partial charge in [0.15, 0.2) is 12.5 Å². The van der Waals surface area contributed by atoms with Crippen LogP contribution in [0.2, 0.25) is 0 Å². The Kier molecular flexibility index (Phi) is 12.4. The van der Waals surface area contributed by atoms with E-state index >= 15 is 0 Å². The third-order valence-electron chi connectivity index (χ3n) is 8.77. The normalized spacial score (nSPS) is 18.1. The Morgan fingerprint density at radius 2 is 1.54 bits per heavy atom. The summed E-state index contributed by atoms with van der Waals surface area (Å²) >= 11 is 1.42. The number of ether oxygens (including phenoxy) is 2.